The fraction of sp³-hybridized carbons (Fsp3) is 0.0588. The number of para-hydroxylation sites is 1. The van der Waals surface area contributed by atoms with Crippen molar-refractivity contribution in [1.82, 2.24) is 0 Å². The van der Waals surface area contributed by atoms with Crippen molar-refractivity contribution >= 4 is 17.7 Å². The summed E-state index contributed by atoms with van der Waals surface area (Å²) in [5.74, 6) is 0.434. The molecule has 0 aliphatic heterocycles. The maximum Gasteiger partial charge on any atom is 0.248 e. The van der Waals surface area contributed by atoms with Gasteiger partial charge in [0.15, 0.2) is 0 Å². The van der Waals surface area contributed by atoms with E-state index in [0.29, 0.717) is 17.0 Å². The van der Waals surface area contributed by atoms with E-state index in [4.69, 9.17) is 10.00 Å². The number of amides is 1. The van der Waals surface area contributed by atoms with Crippen LogP contribution in [0.25, 0.3) is 6.08 Å². The van der Waals surface area contributed by atoms with Gasteiger partial charge in [0.2, 0.25) is 5.91 Å². The zero-order valence-corrected chi connectivity index (χ0v) is 11.5. The van der Waals surface area contributed by atoms with Crippen LogP contribution in [-0.2, 0) is 4.79 Å². The predicted octanol–water partition coefficient (Wildman–Crippen LogP) is 3.22. The zero-order valence-electron chi connectivity index (χ0n) is 11.5. The predicted molar refractivity (Wildman–Crippen MR) is 81.8 cm³/mol. The van der Waals surface area contributed by atoms with Crippen molar-refractivity contribution in [2.75, 3.05) is 12.4 Å². The second kappa shape index (κ2) is 6.92. The average Bonchev–Trinajstić information content (AvgIpc) is 2.53. The van der Waals surface area contributed by atoms with Crippen molar-refractivity contribution in [2.24, 2.45) is 0 Å². The number of carbonyl (C=O) groups is 1. The number of ether oxygens (including phenoxy) is 1. The van der Waals surface area contributed by atoms with Crippen LogP contribution in [0.3, 0.4) is 0 Å². The summed E-state index contributed by atoms with van der Waals surface area (Å²) in [5, 5.41) is 11.5. The SMILES string of the molecule is COc1ccccc1C=CC(=O)Nc1cccc(C#N)c1. The van der Waals surface area contributed by atoms with Gasteiger partial charge in [-0.05, 0) is 30.3 Å². The molecule has 104 valence electrons. The first kappa shape index (κ1) is 14.4. The molecule has 0 saturated carbocycles. The standard InChI is InChI=1S/C17H14N2O2/c1-21-16-8-3-2-6-14(16)9-10-17(20)19-15-7-4-5-13(11-15)12-18/h2-11H,1H3,(H,19,20). The molecule has 4 heteroatoms. The molecule has 21 heavy (non-hydrogen) atoms. The van der Waals surface area contributed by atoms with Crippen molar-refractivity contribution in [1.29, 1.82) is 5.26 Å². The quantitative estimate of drug-likeness (QED) is 0.873. The molecule has 0 bridgehead atoms. The first-order chi connectivity index (χ1) is 10.2. The second-order valence-corrected chi connectivity index (χ2v) is 4.26. The third-order valence-electron chi connectivity index (χ3n) is 2.81. The summed E-state index contributed by atoms with van der Waals surface area (Å²) in [5.41, 5.74) is 1.91. The van der Waals surface area contributed by atoms with E-state index in [9.17, 15) is 4.79 Å². The maximum absolute atomic E-state index is 11.9. The van der Waals surface area contributed by atoms with E-state index in [0.717, 1.165) is 5.56 Å². The highest BCUT2D eigenvalue weighted by Gasteiger charge is 2.01. The number of carbonyl (C=O) groups excluding carboxylic acids is 1. The third-order valence-corrected chi connectivity index (χ3v) is 2.81. The van der Waals surface area contributed by atoms with Gasteiger partial charge >= 0.3 is 0 Å². The van der Waals surface area contributed by atoms with Crippen molar-refractivity contribution < 1.29 is 9.53 Å². The highest BCUT2D eigenvalue weighted by molar-refractivity contribution is 6.02. The van der Waals surface area contributed by atoms with E-state index in [-0.39, 0.29) is 5.91 Å². The van der Waals surface area contributed by atoms with E-state index in [1.54, 1.807) is 37.5 Å². The number of nitrogens with one attached hydrogen (secondary N) is 1. The van der Waals surface area contributed by atoms with Crippen LogP contribution in [0.2, 0.25) is 0 Å². The number of nitrogens with zero attached hydrogens (tertiary/aromatic N) is 1. The van der Waals surface area contributed by atoms with Gasteiger partial charge in [-0.3, -0.25) is 4.79 Å². The van der Waals surface area contributed by atoms with Gasteiger partial charge in [-0.15, -0.1) is 0 Å². The van der Waals surface area contributed by atoms with Crippen LogP contribution in [0.1, 0.15) is 11.1 Å². The smallest absolute Gasteiger partial charge is 0.248 e. The molecule has 2 aromatic carbocycles. The van der Waals surface area contributed by atoms with Crippen LogP contribution >= 0.6 is 0 Å². The van der Waals surface area contributed by atoms with Crippen molar-refractivity contribution in [3.05, 3.63) is 65.7 Å². The maximum atomic E-state index is 11.9. The van der Waals surface area contributed by atoms with Gasteiger partial charge < -0.3 is 10.1 Å². The summed E-state index contributed by atoms with van der Waals surface area (Å²) in [7, 11) is 1.58. The Morgan fingerprint density at radius 2 is 2.05 bits per heavy atom. The first-order valence-electron chi connectivity index (χ1n) is 6.35. The van der Waals surface area contributed by atoms with E-state index < -0.39 is 0 Å². The third kappa shape index (κ3) is 3.95. The Morgan fingerprint density at radius 1 is 1.24 bits per heavy atom. The van der Waals surface area contributed by atoms with Crippen molar-refractivity contribution in [3.8, 4) is 11.8 Å². The van der Waals surface area contributed by atoms with Gasteiger partial charge in [0.1, 0.15) is 5.75 Å². The summed E-state index contributed by atoms with van der Waals surface area (Å²) in [6, 6.07) is 16.2. The Morgan fingerprint density at radius 3 is 2.81 bits per heavy atom. The first-order valence-corrected chi connectivity index (χ1v) is 6.35. The van der Waals surface area contributed by atoms with Gasteiger partial charge in [0.05, 0.1) is 18.7 Å². The molecule has 2 aromatic rings. The van der Waals surface area contributed by atoms with Crippen LogP contribution in [0.15, 0.2) is 54.6 Å². The summed E-state index contributed by atoms with van der Waals surface area (Å²) < 4.78 is 5.21. The molecule has 0 saturated heterocycles. The van der Waals surface area contributed by atoms with Gasteiger partial charge in [0.25, 0.3) is 0 Å². The number of hydrogen-bond donors (Lipinski definition) is 1. The lowest BCUT2D eigenvalue weighted by Crippen LogP contribution is -2.07. The van der Waals surface area contributed by atoms with E-state index in [1.807, 2.05) is 30.3 Å². The molecular weight excluding hydrogens is 264 g/mol. The monoisotopic (exact) mass is 278 g/mol. The number of anilines is 1. The van der Waals surface area contributed by atoms with Gasteiger partial charge in [-0.1, -0.05) is 24.3 Å². The molecule has 0 spiro atoms. The highest BCUT2D eigenvalue weighted by Crippen LogP contribution is 2.18. The Hall–Kier alpha value is -3.06. The number of nitriles is 1. The summed E-state index contributed by atoms with van der Waals surface area (Å²) in [6.45, 7) is 0. The Bertz CT molecular complexity index is 715. The topological polar surface area (TPSA) is 62.1 Å². The Kier molecular flexibility index (Phi) is 4.73. The molecule has 0 atom stereocenters. The molecule has 1 N–H and O–H groups in total. The highest BCUT2D eigenvalue weighted by atomic mass is 16.5. The van der Waals surface area contributed by atoms with Crippen LogP contribution in [0.5, 0.6) is 5.75 Å². The summed E-state index contributed by atoms with van der Waals surface area (Å²) in [6.07, 6.45) is 3.11. The van der Waals surface area contributed by atoms with E-state index >= 15 is 0 Å². The van der Waals surface area contributed by atoms with Crippen LogP contribution < -0.4 is 10.1 Å². The van der Waals surface area contributed by atoms with Gasteiger partial charge in [-0.25, -0.2) is 0 Å². The molecule has 0 aliphatic carbocycles. The molecule has 0 aliphatic rings. The molecule has 4 nitrogen and oxygen atoms in total. The lowest BCUT2D eigenvalue weighted by atomic mass is 10.2. The number of benzene rings is 2. The molecule has 0 aromatic heterocycles. The van der Waals surface area contributed by atoms with E-state index in [1.165, 1.54) is 6.08 Å². The van der Waals surface area contributed by atoms with Crippen molar-refractivity contribution in [2.45, 2.75) is 0 Å². The normalized spacial score (nSPS) is 10.1. The number of hydrogen-bond acceptors (Lipinski definition) is 3. The van der Waals surface area contributed by atoms with Gasteiger partial charge in [-0.2, -0.15) is 5.26 Å². The molecule has 0 heterocycles. The lowest BCUT2D eigenvalue weighted by Gasteiger charge is -2.04. The second-order valence-electron chi connectivity index (χ2n) is 4.26. The summed E-state index contributed by atoms with van der Waals surface area (Å²) in [4.78, 5) is 11.9. The van der Waals surface area contributed by atoms with Crippen LogP contribution in [0, 0.1) is 11.3 Å². The molecule has 2 rings (SSSR count). The molecule has 1 amide bonds. The number of methoxy groups -OCH3 is 1. The molecule has 0 fully saturated rings. The molecule has 0 radical (unpaired) electrons. The molecular formula is C17H14N2O2. The minimum absolute atomic E-state index is 0.268. The molecule has 0 unspecified atom stereocenters. The van der Waals surface area contributed by atoms with Crippen LogP contribution in [0.4, 0.5) is 5.69 Å². The zero-order chi connectivity index (χ0) is 15.1. The van der Waals surface area contributed by atoms with Crippen LogP contribution in [-0.4, -0.2) is 13.0 Å². The Labute approximate surface area is 123 Å². The fourth-order valence-corrected chi connectivity index (χ4v) is 1.82. The summed E-state index contributed by atoms with van der Waals surface area (Å²) >= 11 is 0. The van der Waals surface area contributed by atoms with Gasteiger partial charge in [0, 0.05) is 17.3 Å². The minimum atomic E-state index is -0.268. The largest absolute Gasteiger partial charge is 0.496 e. The van der Waals surface area contributed by atoms with E-state index in [2.05, 4.69) is 5.32 Å². The Balaban J connectivity index is 2.07. The fourth-order valence-electron chi connectivity index (χ4n) is 1.82. The average molecular weight is 278 g/mol. The minimum Gasteiger partial charge on any atom is -0.496 e. The number of rotatable bonds is 4. The lowest BCUT2D eigenvalue weighted by molar-refractivity contribution is -0.111. The van der Waals surface area contributed by atoms with Crippen molar-refractivity contribution in [3.63, 3.8) is 0 Å².